The summed E-state index contributed by atoms with van der Waals surface area (Å²) in [6.07, 6.45) is 0.191. The Kier molecular flexibility index (Phi) is 2.72. The van der Waals surface area contributed by atoms with Crippen molar-refractivity contribution in [2.75, 3.05) is 39.8 Å². The van der Waals surface area contributed by atoms with Gasteiger partial charge in [0.1, 0.15) is 5.75 Å². The van der Waals surface area contributed by atoms with E-state index < -0.39 is 0 Å². The van der Waals surface area contributed by atoms with E-state index in [4.69, 9.17) is 4.74 Å². The van der Waals surface area contributed by atoms with Crippen LogP contribution in [0.1, 0.15) is 10.5 Å². The summed E-state index contributed by atoms with van der Waals surface area (Å²) in [7, 11) is 1.62. The second kappa shape index (κ2) is 4.69. The number of carbonyl (C=O) groups excluding carboxylic acids is 1. The van der Waals surface area contributed by atoms with Crippen molar-refractivity contribution >= 4 is 16.8 Å². The number of amides is 1. The van der Waals surface area contributed by atoms with Crippen molar-refractivity contribution in [3.05, 3.63) is 23.9 Å². The molecule has 1 amide bonds. The van der Waals surface area contributed by atoms with Crippen LogP contribution in [-0.2, 0) is 0 Å². The molecule has 6 rings (SSSR count). The topological polar surface area (TPSA) is 64.7 Å². The van der Waals surface area contributed by atoms with Gasteiger partial charge in [0.25, 0.3) is 5.91 Å². The van der Waals surface area contributed by atoms with Crippen LogP contribution in [0.2, 0.25) is 0 Å². The van der Waals surface area contributed by atoms with Crippen LogP contribution in [-0.4, -0.2) is 82.8 Å². The molecule has 0 spiro atoms. The van der Waals surface area contributed by atoms with Gasteiger partial charge in [-0.15, -0.1) is 0 Å². The number of piperazine rings is 3. The fraction of sp³-hybridized carbons (Fsp3) is 0.500. The lowest BCUT2D eigenvalue weighted by atomic mass is 10.1. The summed E-state index contributed by atoms with van der Waals surface area (Å²) in [4.78, 5) is 20.1. The van der Waals surface area contributed by atoms with Crippen LogP contribution in [0.25, 0.3) is 10.9 Å². The van der Waals surface area contributed by atoms with Gasteiger partial charge in [-0.05, 0) is 12.1 Å². The van der Waals surface area contributed by atoms with Gasteiger partial charge in [0, 0.05) is 38.8 Å². The number of aromatic nitrogens is 2. The fourth-order valence-electron chi connectivity index (χ4n) is 4.34. The minimum absolute atomic E-state index is 0.00185. The molecule has 1 aromatic carbocycles. The van der Waals surface area contributed by atoms with E-state index >= 15 is 0 Å². The van der Waals surface area contributed by atoms with Gasteiger partial charge in [0.15, 0.2) is 5.69 Å². The summed E-state index contributed by atoms with van der Waals surface area (Å²) in [5.41, 5.74) is 1.30. The van der Waals surface area contributed by atoms with E-state index in [1.807, 2.05) is 23.1 Å². The van der Waals surface area contributed by atoms with Crippen molar-refractivity contribution in [3.63, 3.8) is 0 Å². The minimum atomic E-state index is 0.00185. The van der Waals surface area contributed by atoms with Crippen molar-refractivity contribution in [2.45, 2.75) is 12.2 Å². The normalized spacial score (nSPS) is 31.8. The molecule has 2 aromatic rings. The monoisotopic (exact) mass is 313 g/mol. The lowest BCUT2D eigenvalue weighted by molar-refractivity contribution is -0.0182. The number of methoxy groups -OCH3 is 1. The Balaban J connectivity index is 1.54. The van der Waals surface area contributed by atoms with E-state index in [-0.39, 0.29) is 12.1 Å². The maximum Gasteiger partial charge on any atom is 0.276 e. The Morgan fingerprint density at radius 1 is 1.30 bits per heavy atom. The molecule has 0 radical (unpaired) electrons. The number of carbonyl (C=O) groups is 1. The van der Waals surface area contributed by atoms with Crippen LogP contribution < -0.4 is 4.74 Å². The molecule has 7 nitrogen and oxygen atoms in total. The standard InChI is InChI=1S/C16H19N5O2/c1-23-12-4-2-3-11-14(12)15(18-17-11)16(22)21-8-10-7-19-5-6-20(10)13(21)9-19/h2-4,10,13H,5-9H2,1H3,(H,17,18). The van der Waals surface area contributed by atoms with Crippen LogP contribution in [0, 0.1) is 0 Å². The molecular weight excluding hydrogens is 294 g/mol. The molecule has 0 aliphatic carbocycles. The van der Waals surface area contributed by atoms with Crippen molar-refractivity contribution < 1.29 is 9.53 Å². The Bertz CT molecular complexity index is 788. The number of hydrogen-bond donors (Lipinski definition) is 1. The maximum absolute atomic E-state index is 13.2. The van der Waals surface area contributed by atoms with Crippen molar-refractivity contribution in [1.29, 1.82) is 0 Å². The van der Waals surface area contributed by atoms with Gasteiger partial charge in [-0.1, -0.05) is 6.07 Å². The Labute approximate surface area is 133 Å². The summed E-state index contributed by atoms with van der Waals surface area (Å²) in [6.45, 7) is 4.99. The number of hydrogen-bond acceptors (Lipinski definition) is 5. The quantitative estimate of drug-likeness (QED) is 0.867. The number of rotatable bonds is 2. The minimum Gasteiger partial charge on any atom is -0.496 e. The van der Waals surface area contributed by atoms with E-state index in [0.29, 0.717) is 17.5 Å². The first kappa shape index (κ1) is 13.3. The first-order chi connectivity index (χ1) is 11.3. The molecule has 1 aromatic heterocycles. The highest BCUT2D eigenvalue weighted by Crippen LogP contribution is 2.33. The van der Waals surface area contributed by atoms with Gasteiger partial charge in [-0.2, -0.15) is 5.10 Å². The molecule has 120 valence electrons. The Morgan fingerprint density at radius 2 is 2.22 bits per heavy atom. The zero-order chi connectivity index (χ0) is 15.6. The summed E-state index contributed by atoms with van der Waals surface area (Å²) >= 11 is 0. The zero-order valence-electron chi connectivity index (χ0n) is 13.0. The summed E-state index contributed by atoms with van der Waals surface area (Å²) in [6, 6.07) is 6.16. The van der Waals surface area contributed by atoms with Crippen LogP contribution in [0.3, 0.4) is 0 Å². The van der Waals surface area contributed by atoms with Gasteiger partial charge < -0.3 is 9.64 Å². The second-order valence-corrected chi connectivity index (χ2v) is 6.54. The van der Waals surface area contributed by atoms with E-state index in [9.17, 15) is 4.79 Å². The van der Waals surface area contributed by atoms with Gasteiger partial charge >= 0.3 is 0 Å². The van der Waals surface area contributed by atoms with E-state index in [1.165, 1.54) is 0 Å². The van der Waals surface area contributed by atoms with Gasteiger partial charge in [-0.3, -0.25) is 19.7 Å². The smallest absolute Gasteiger partial charge is 0.276 e. The average Bonchev–Trinajstić information content (AvgIpc) is 3.13. The Morgan fingerprint density at radius 3 is 3.00 bits per heavy atom. The number of aromatic amines is 1. The number of benzene rings is 1. The predicted molar refractivity (Wildman–Crippen MR) is 84.4 cm³/mol. The van der Waals surface area contributed by atoms with Crippen molar-refractivity contribution in [1.82, 2.24) is 24.9 Å². The molecule has 4 bridgehead atoms. The third-order valence-electron chi connectivity index (χ3n) is 5.42. The second-order valence-electron chi connectivity index (χ2n) is 6.54. The summed E-state index contributed by atoms with van der Waals surface area (Å²) in [5, 5.41) is 8.04. The Hall–Kier alpha value is -2.12. The number of nitrogens with one attached hydrogen (secondary N) is 1. The molecule has 4 aliphatic heterocycles. The molecule has 7 heteroatoms. The highest BCUT2D eigenvalue weighted by atomic mass is 16.5. The van der Waals surface area contributed by atoms with Crippen molar-refractivity contribution in [2.24, 2.45) is 0 Å². The lowest BCUT2D eigenvalue weighted by Gasteiger charge is -2.47. The molecule has 23 heavy (non-hydrogen) atoms. The summed E-state index contributed by atoms with van der Waals surface area (Å²) in [5.74, 6) is 0.689. The molecule has 4 unspecified atom stereocenters. The average molecular weight is 313 g/mol. The SMILES string of the molecule is COc1cccc2[nH]nc(C(=O)N3CC4CN5CCN4C3C5)c12. The van der Waals surface area contributed by atoms with Crippen LogP contribution >= 0.6 is 0 Å². The first-order valence-electron chi connectivity index (χ1n) is 8.06. The highest BCUT2D eigenvalue weighted by molar-refractivity contribution is 6.07. The third kappa shape index (κ3) is 1.77. The number of ether oxygens (including phenoxy) is 1. The van der Waals surface area contributed by atoms with Crippen molar-refractivity contribution in [3.8, 4) is 5.75 Å². The molecule has 0 saturated carbocycles. The maximum atomic E-state index is 13.2. The van der Waals surface area contributed by atoms with E-state index in [2.05, 4.69) is 20.0 Å². The van der Waals surface area contributed by atoms with E-state index in [0.717, 1.165) is 43.6 Å². The molecule has 1 N–H and O–H groups in total. The van der Waals surface area contributed by atoms with Crippen LogP contribution in [0.4, 0.5) is 0 Å². The molecule has 4 saturated heterocycles. The molecule has 4 aliphatic rings. The molecule has 4 fully saturated rings. The largest absolute Gasteiger partial charge is 0.496 e. The zero-order valence-corrected chi connectivity index (χ0v) is 13.0. The third-order valence-corrected chi connectivity index (χ3v) is 5.42. The van der Waals surface area contributed by atoms with E-state index in [1.54, 1.807) is 7.11 Å². The predicted octanol–water partition coefficient (Wildman–Crippen LogP) is 0.353. The first-order valence-corrected chi connectivity index (χ1v) is 8.06. The van der Waals surface area contributed by atoms with Gasteiger partial charge in [0.2, 0.25) is 0 Å². The van der Waals surface area contributed by atoms with Gasteiger partial charge in [-0.25, -0.2) is 0 Å². The van der Waals surface area contributed by atoms with Crippen LogP contribution in [0.15, 0.2) is 18.2 Å². The number of nitrogens with zero attached hydrogens (tertiary/aromatic N) is 4. The highest BCUT2D eigenvalue weighted by Gasteiger charge is 2.49. The molecule has 4 atom stereocenters. The molecular formula is C16H19N5O2. The number of fused-ring (bicyclic) bond motifs is 2. The van der Waals surface area contributed by atoms with Crippen LogP contribution in [0.5, 0.6) is 5.75 Å². The lowest BCUT2D eigenvalue weighted by Crippen LogP contribution is -2.63. The number of H-pyrrole nitrogens is 1. The fourth-order valence-corrected chi connectivity index (χ4v) is 4.34. The molecule has 5 heterocycles. The van der Waals surface area contributed by atoms with Gasteiger partial charge in [0.05, 0.1) is 24.2 Å². The summed E-state index contributed by atoms with van der Waals surface area (Å²) < 4.78 is 5.43.